The number of allylic oxidation sites excluding steroid dienone is 1. The van der Waals surface area contributed by atoms with Crippen molar-refractivity contribution in [3.8, 4) is 0 Å². The molecule has 1 N–H and O–H groups in total. The van der Waals surface area contributed by atoms with E-state index in [9.17, 15) is 14.4 Å². The molecule has 0 saturated carbocycles. The van der Waals surface area contributed by atoms with Crippen LogP contribution in [0.25, 0.3) is 5.76 Å². The Balaban J connectivity index is 1.74. The summed E-state index contributed by atoms with van der Waals surface area (Å²) in [7, 11) is 1.62. The van der Waals surface area contributed by atoms with Crippen LogP contribution in [0.3, 0.4) is 0 Å². The van der Waals surface area contributed by atoms with Gasteiger partial charge in [-0.2, -0.15) is 0 Å². The number of carbonyl (C=O) groups excluding carboxylic acids is 3. The number of benzene rings is 1. The molecule has 1 aromatic rings. The smallest absolute Gasteiger partial charge is 0.235 e. The van der Waals surface area contributed by atoms with Gasteiger partial charge in [0.2, 0.25) is 17.5 Å². The normalized spacial score (nSPS) is 13.1. The highest BCUT2D eigenvalue weighted by molar-refractivity contribution is 6.51. The number of ketones is 2. The van der Waals surface area contributed by atoms with Crippen molar-refractivity contribution in [2.45, 2.75) is 6.92 Å². The molecule has 0 fully saturated rings. The molecule has 1 aliphatic rings. The van der Waals surface area contributed by atoms with Crippen LogP contribution in [0, 0.1) is 0 Å². The minimum absolute atomic E-state index is 0.136. The van der Waals surface area contributed by atoms with Crippen molar-refractivity contribution in [2.24, 2.45) is 0 Å². The Hall–Kier alpha value is -2.59. The van der Waals surface area contributed by atoms with E-state index in [0.717, 1.165) is 6.08 Å². The van der Waals surface area contributed by atoms with Crippen molar-refractivity contribution in [3.05, 3.63) is 35.4 Å². The van der Waals surface area contributed by atoms with Gasteiger partial charge in [0.15, 0.2) is 0 Å². The molecule has 0 aliphatic heterocycles. The molecule has 0 atom stereocenters. The maximum absolute atomic E-state index is 12.3. The van der Waals surface area contributed by atoms with Gasteiger partial charge in [0.25, 0.3) is 0 Å². The molecule has 1 aliphatic carbocycles. The number of anilines is 1. The maximum atomic E-state index is 12.3. The predicted molar refractivity (Wildman–Crippen MR) is 108 cm³/mol. The molecule has 0 unspecified atom stereocenters. The van der Waals surface area contributed by atoms with Gasteiger partial charge in [-0.1, -0.05) is 12.1 Å². The third-order valence-corrected chi connectivity index (χ3v) is 4.01. The van der Waals surface area contributed by atoms with Gasteiger partial charge in [0, 0.05) is 25.7 Å². The summed E-state index contributed by atoms with van der Waals surface area (Å²) in [6.07, 6.45) is 1.16. The van der Waals surface area contributed by atoms with Gasteiger partial charge in [0.05, 0.1) is 57.5 Å². The number of hydrogen-bond acceptors (Lipinski definition) is 8. The molecular formula is C21H27NO8. The standard InChI is InChI=1S/C21H27NO8/c1-15(23)22-17-5-3-4-16-19(14-18(24)21(25)20(16)17)30-13-12-29-11-10-28-9-8-27-7-6-26-2/h3-5,14H,6-13H2,1-2H3,(H,22,23). The van der Waals surface area contributed by atoms with Crippen LogP contribution in [0.1, 0.15) is 22.8 Å². The fourth-order valence-electron chi connectivity index (χ4n) is 2.70. The van der Waals surface area contributed by atoms with Gasteiger partial charge >= 0.3 is 0 Å². The molecule has 2 rings (SSSR count). The molecule has 164 valence electrons. The lowest BCUT2D eigenvalue weighted by Gasteiger charge is -2.19. The van der Waals surface area contributed by atoms with Crippen molar-refractivity contribution in [3.63, 3.8) is 0 Å². The largest absolute Gasteiger partial charge is 0.490 e. The highest BCUT2D eigenvalue weighted by Gasteiger charge is 2.29. The Labute approximate surface area is 175 Å². The maximum Gasteiger partial charge on any atom is 0.235 e. The summed E-state index contributed by atoms with van der Waals surface area (Å²) < 4.78 is 26.6. The van der Waals surface area contributed by atoms with Crippen LogP contribution in [0.4, 0.5) is 5.69 Å². The van der Waals surface area contributed by atoms with E-state index in [4.69, 9.17) is 23.7 Å². The summed E-state index contributed by atoms with van der Waals surface area (Å²) in [5, 5.41) is 2.57. The first kappa shape index (κ1) is 23.7. The summed E-state index contributed by atoms with van der Waals surface area (Å²) in [6, 6.07) is 4.91. The molecule has 0 aromatic heterocycles. The second-order valence-corrected chi connectivity index (χ2v) is 6.29. The topological polar surface area (TPSA) is 109 Å². The van der Waals surface area contributed by atoms with Crippen molar-refractivity contribution < 1.29 is 38.1 Å². The third-order valence-electron chi connectivity index (χ3n) is 4.01. The van der Waals surface area contributed by atoms with E-state index in [-0.39, 0.29) is 36.1 Å². The number of nitrogens with one attached hydrogen (secondary N) is 1. The molecule has 0 spiro atoms. The Morgan fingerprint density at radius 1 is 0.900 bits per heavy atom. The predicted octanol–water partition coefficient (Wildman–Crippen LogP) is 1.46. The minimum atomic E-state index is -0.697. The zero-order chi connectivity index (χ0) is 21.8. The highest BCUT2D eigenvalue weighted by Crippen LogP contribution is 2.31. The Kier molecular flexibility index (Phi) is 10.2. The van der Waals surface area contributed by atoms with Crippen LogP contribution in [-0.2, 0) is 33.3 Å². The van der Waals surface area contributed by atoms with Crippen molar-refractivity contribution in [2.75, 3.05) is 65.3 Å². The summed E-state index contributed by atoms with van der Waals surface area (Å²) >= 11 is 0. The fraction of sp³-hybridized carbons (Fsp3) is 0.476. The van der Waals surface area contributed by atoms with E-state index in [1.54, 1.807) is 25.3 Å². The molecule has 0 bridgehead atoms. The Bertz CT molecular complexity index is 774. The van der Waals surface area contributed by atoms with Gasteiger partial charge < -0.3 is 29.0 Å². The van der Waals surface area contributed by atoms with E-state index in [0.29, 0.717) is 45.2 Å². The Morgan fingerprint density at radius 2 is 1.50 bits per heavy atom. The van der Waals surface area contributed by atoms with Crippen LogP contribution < -0.4 is 5.32 Å². The number of hydrogen-bond donors (Lipinski definition) is 1. The van der Waals surface area contributed by atoms with Crippen LogP contribution in [0.2, 0.25) is 0 Å². The van der Waals surface area contributed by atoms with Crippen LogP contribution in [0.5, 0.6) is 0 Å². The van der Waals surface area contributed by atoms with Gasteiger partial charge in [-0.05, 0) is 6.07 Å². The first-order valence-corrected chi connectivity index (χ1v) is 9.61. The first-order chi connectivity index (χ1) is 14.5. The summed E-state index contributed by atoms with van der Waals surface area (Å²) in [4.78, 5) is 35.7. The number of fused-ring (bicyclic) bond motifs is 1. The van der Waals surface area contributed by atoms with Crippen LogP contribution in [0.15, 0.2) is 24.3 Å². The molecule has 1 aromatic carbocycles. The lowest BCUT2D eigenvalue weighted by molar-refractivity contribution is -0.114. The van der Waals surface area contributed by atoms with Gasteiger partial charge in [-0.3, -0.25) is 14.4 Å². The molecular weight excluding hydrogens is 394 g/mol. The van der Waals surface area contributed by atoms with Gasteiger partial charge in [-0.25, -0.2) is 0 Å². The summed E-state index contributed by atoms with van der Waals surface area (Å²) in [5.41, 5.74) is 0.882. The average molecular weight is 421 g/mol. The zero-order valence-corrected chi connectivity index (χ0v) is 17.2. The number of methoxy groups -OCH3 is 1. The number of ether oxygens (including phenoxy) is 5. The number of amides is 1. The van der Waals surface area contributed by atoms with Crippen LogP contribution >= 0.6 is 0 Å². The monoisotopic (exact) mass is 421 g/mol. The zero-order valence-electron chi connectivity index (χ0n) is 17.2. The van der Waals surface area contributed by atoms with Gasteiger partial charge in [0.1, 0.15) is 12.4 Å². The number of Topliss-reactive ketones (excluding diaryl/α,β-unsaturated/α-hetero) is 1. The van der Waals surface area contributed by atoms with E-state index >= 15 is 0 Å². The second kappa shape index (κ2) is 12.9. The lowest BCUT2D eigenvalue weighted by Crippen LogP contribution is -2.23. The number of rotatable bonds is 14. The van der Waals surface area contributed by atoms with E-state index in [1.165, 1.54) is 6.92 Å². The molecule has 9 heteroatoms. The summed E-state index contributed by atoms with van der Waals surface area (Å²) in [6.45, 7) is 4.68. The first-order valence-electron chi connectivity index (χ1n) is 9.61. The van der Waals surface area contributed by atoms with E-state index in [1.807, 2.05) is 0 Å². The molecule has 30 heavy (non-hydrogen) atoms. The second-order valence-electron chi connectivity index (χ2n) is 6.29. The van der Waals surface area contributed by atoms with E-state index in [2.05, 4.69) is 5.32 Å². The third kappa shape index (κ3) is 7.34. The minimum Gasteiger partial charge on any atom is -0.490 e. The van der Waals surface area contributed by atoms with Crippen molar-refractivity contribution >= 4 is 28.9 Å². The van der Waals surface area contributed by atoms with Crippen molar-refractivity contribution in [1.29, 1.82) is 0 Å². The van der Waals surface area contributed by atoms with E-state index < -0.39 is 11.6 Å². The molecule has 0 heterocycles. The highest BCUT2D eigenvalue weighted by atomic mass is 16.6. The quantitative estimate of drug-likeness (QED) is 0.355. The molecule has 9 nitrogen and oxygen atoms in total. The molecule has 1 amide bonds. The summed E-state index contributed by atoms with van der Waals surface area (Å²) in [5.74, 6) is -1.44. The molecule has 0 radical (unpaired) electrons. The Morgan fingerprint density at radius 3 is 2.10 bits per heavy atom. The average Bonchev–Trinajstić information content (AvgIpc) is 2.71. The fourth-order valence-corrected chi connectivity index (χ4v) is 2.70. The SMILES string of the molecule is COCCOCCOCCOCCOC1=CC(=O)C(=O)c2c(NC(C)=O)cccc21. The van der Waals surface area contributed by atoms with Crippen LogP contribution in [-0.4, -0.2) is 77.4 Å². The van der Waals surface area contributed by atoms with Gasteiger partial charge in [-0.15, -0.1) is 0 Å². The number of carbonyl (C=O) groups is 3. The lowest BCUT2D eigenvalue weighted by atomic mass is 9.92. The molecule has 0 saturated heterocycles. The van der Waals surface area contributed by atoms with Crippen molar-refractivity contribution in [1.82, 2.24) is 0 Å².